The van der Waals surface area contributed by atoms with Crippen LogP contribution in [-0.4, -0.2) is 31.4 Å². The Morgan fingerprint density at radius 1 is 1.14 bits per heavy atom. The van der Waals surface area contributed by atoms with Crippen molar-refractivity contribution in [3.05, 3.63) is 34.9 Å². The fourth-order valence-corrected chi connectivity index (χ4v) is 1.66. The van der Waals surface area contributed by atoms with Crippen LogP contribution >= 0.6 is 11.6 Å². The molecule has 0 N–H and O–H groups in total. The molecular formula is C15H18ClNO4. The highest BCUT2D eigenvalue weighted by Gasteiger charge is 2.27. The van der Waals surface area contributed by atoms with Gasteiger partial charge in [-0.25, -0.2) is 0 Å². The summed E-state index contributed by atoms with van der Waals surface area (Å²) in [4.78, 5) is 27.5. The van der Waals surface area contributed by atoms with Crippen LogP contribution in [0.3, 0.4) is 0 Å². The van der Waals surface area contributed by atoms with E-state index in [-0.39, 0.29) is 13.2 Å². The Balaban J connectivity index is 2.70. The SMILES string of the molecule is CCOC(=O)C(C=NCc1ccc(Cl)cc1)C(=O)OCC. The van der Waals surface area contributed by atoms with Gasteiger partial charge in [0.25, 0.3) is 0 Å². The highest BCUT2D eigenvalue weighted by molar-refractivity contribution is 6.30. The summed E-state index contributed by atoms with van der Waals surface area (Å²) < 4.78 is 9.68. The maximum absolute atomic E-state index is 11.7. The van der Waals surface area contributed by atoms with Gasteiger partial charge >= 0.3 is 11.9 Å². The van der Waals surface area contributed by atoms with E-state index in [2.05, 4.69) is 4.99 Å². The summed E-state index contributed by atoms with van der Waals surface area (Å²) in [5, 5.41) is 0.638. The zero-order valence-electron chi connectivity index (χ0n) is 12.0. The number of aliphatic imine (C=N–C) groups is 1. The summed E-state index contributed by atoms with van der Waals surface area (Å²) in [6.45, 7) is 4.07. The Hall–Kier alpha value is -1.88. The molecule has 114 valence electrons. The summed E-state index contributed by atoms with van der Waals surface area (Å²) >= 11 is 5.79. The molecule has 0 saturated heterocycles. The molecule has 0 amide bonds. The van der Waals surface area contributed by atoms with E-state index in [4.69, 9.17) is 21.1 Å². The first-order valence-electron chi connectivity index (χ1n) is 6.66. The van der Waals surface area contributed by atoms with Crippen LogP contribution in [0.25, 0.3) is 0 Å². The first kappa shape index (κ1) is 17.2. The molecule has 1 aromatic rings. The second-order valence-corrected chi connectivity index (χ2v) is 4.53. The molecule has 0 radical (unpaired) electrons. The summed E-state index contributed by atoms with van der Waals surface area (Å²) in [5.74, 6) is -2.44. The van der Waals surface area contributed by atoms with Crippen LogP contribution in [0.1, 0.15) is 19.4 Å². The molecule has 0 atom stereocenters. The molecule has 0 spiro atoms. The van der Waals surface area contributed by atoms with E-state index in [1.54, 1.807) is 26.0 Å². The van der Waals surface area contributed by atoms with Crippen molar-refractivity contribution in [2.75, 3.05) is 13.2 Å². The molecule has 21 heavy (non-hydrogen) atoms. The van der Waals surface area contributed by atoms with Crippen LogP contribution in [0.15, 0.2) is 29.3 Å². The lowest BCUT2D eigenvalue weighted by molar-refractivity contribution is -0.157. The minimum absolute atomic E-state index is 0.194. The van der Waals surface area contributed by atoms with E-state index in [1.807, 2.05) is 12.1 Å². The quantitative estimate of drug-likeness (QED) is 0.441. The van der Waals surface area contributed by atoms with Gasteiger partial charge in [-0.2, -0.15) is 0 Å². The van der Waals surface area contributed by atoms with Crippen LogP contribution in [-0.2, 0) is 25.6 Å². The van der Waals surface area contributed by atoms with Gasteiger partial charge in [-0.05, 0) is 31.5 Å². The number of halogens is 1. The van der Waals surface area contributed by atoms with Gasteiger partial charge in [0.1, 0.15) is 0 Å². The third-order valence-corrected chi connectivity index (χ3v) is 2.77. The zero-order valence-corrected chi connectivity index (χ0v) is 12.8. The summed E-state index contributed by atoms with van der Waals surface area (Å²) in [6.07, 6.45) is 1.27. The normalized spacial score (nSPS) is 10.9. The van der Waals surface area contributed by atoms with Gasteiger partial charge in [0.15, 0.2) is 5.92 Å². The molecule has 0 aromatic heterocycles. The minimum atomic E-state index is -1.13. The average Bonchev–Trinajstić information content (AvgIpc) is 2.46. The van der Waals surface area contributed by atoms with Gasteiger partial charge in [-0.15, -0.1) is 0 Å². The number of benzene rings is 1. The first-order chi connectivity index (χ1) is 10.1. The zero-order chi connectivity index (χ0) is 15.7. The average molecular weight is 312 g/mol. The molecule has 1 aromatic carbocycles. The van der Waals surface area contributed by atoms with Crippen molar-refractivity contribution in [1.29, 1.82) is 0 Å². The van der Waals surface area contributed by atoms with Gasteiger partial charge in [0.05, 0.1) is 19.8 Å². The lowest BCUT2D eigenvalue weighted by atomic mass is 10.1. The third-order valence-electron chi connectivity index (χ3n) is 2.52. The number of carbonyl (C=O) groups excluding carboxylic acids is 2. The first-order valence-corrected chi connectivity index (χ1v) is 7.04. The summed E-state index contributed by atoms with van der Waals surface area (Å²) in [6, 6.07) is 7.15. The molecule has 0 heterocycles. The van der Waals surface area contributed by atoms with E-state index in [9.17, 15) is 9.59 Å². The number of rotatable bonds is 7. The topological polar surface area (TPSA) is 65.0 Å². The summed E-state index contributed by atoms with van der Waals surface area (Å²) in [7, 11) is 0. The number of hydrogen-bond acceptors (Lipinski definition) is 5. The number of esters is 2. The molecular weight excluding hydrogens is 294 g/mol. The minimum Gasteiger partial charge on any atom is -0.465 e. The fraction of sp³-hybridized carbons (Fsp3) is 0.400. The van der Waals surface area contributed by atoms with Crippen molar-refractivity contribution < 1.29 is 19.1 Å². The van der Waals surface area contributed by atoms with Crippen LogP contribution in [0.2, 0.25) is 5.02 Å². The Morgan fingerprint density at radius 3 is 2.14 bits per heavy atom. The second kappa shape index (κ2) is 9.13. The molecule has 1 rings (SSSR count). The third kappa shape index (κ3) is 5.95. The molecule has 0 aliphatic carbocycles. The predicted molar refractivity (Wildman–Crippen MR) is 80.4 cm³/mol. The lowest BCUT2D eigenvalue weighted by Crippen LogP contribution is -2.29. The number of nitrogens with zero attached hydrogens (tertiary/aromatic N) is 1. The standard InChI is InChI=1S/C15H18ClNO4/c1-3-20-14(18)13(15(19)21-4-2)10-17-9-11-5-7-12(16)8-6-11/h5-8,10,13H,3-4,9H2,1-2H3. The van der Waals surface area contributed by atoms with Crippen molar-refractivity contribution in [3.63, 3.8) is 0 Å². The van der Waals surface area contributed by atoms with Gasteiger partial charge in [-0.1, -0.05) is 23.7 Å². The van der Waals surface area contributed by atoms with E-state index >= 15 is 0 Å². The van der Waals surface area contributed by atoms with E-state index < -0.39 is 17.9 Å². The molecule has 6 heteroatoms. The molecule has 0 aliphatic heterocycles. The van der Waals surface area contributed by atoms with Crippen molar-refractivity contribution in [2.45, 2.75) is 20.4 Å². The lowest BCUT2D eigenvalue weighted by Gasteiger charge is -2.10. The monoisotopic (exact) mass is 311 g/mol. The van der Waals surface area contributed by atoms with Crippen molar-refractivity contribution in [1.82, 2.24) is 0 Å². The van der Waals surface area contributed by atoms with Gasteiger partial charge in [0.2, 0.25) is 0 Å². The maximum Gasteiger partial charge on any atom is 0.325 e. The maximum atomic E-state index is 11.7. The van der Waals surface area contributed by atoms with Crippen LogP contribution in [0, 0.1) is 5.92 Å². The van der Waals surface area contributed by atoms with Crippen molar-refractivity contribution >= 4 is 29.8 Å². The molecule has 0 bridgehead atoms. The number of carbonyl (C=O) groups is 2. The van der Waals surface area contributed by atoms with Crippen molar-refractivity contribution in [2.24, 2.45) is 10.9 Å². The predicted octanol–water partition coefficient (Wildman–Crippen LogP) is 2.65. The number of ether oxygens (including phenoxy) is 2. The van der Waals surface area contributed by atoms with E-state index in [0.29, 0.717) is 11.6 Å². The highest BCUT2D eigenvalue weighted by atomic mass is 35.5. The molecule has 0 fully saturated rings. The van der Waals surface area contributed by atoms with Crippen LogP contribution < -0.4 is 0 Å². The Morgan fingerprint density at radius 2 is 1.67 bits per heavy atom. The molecule has 0 saturated carbocycles. The van der Waals surface area contributed by atoms with E-state index in [1.165, 1.54) is 6.21 Å². The smallest absolute Gasteiger partial charge is 0.325 e. The largest absolute Gasteiger partial charge is 0.465 e. The molecule has 0 unspecified atom stereocenters. The Bertz CT molecular complexity index is 481. The van der Waals surface area contributed by atoms with Crippen molar-refractivity contribution in [3.8, 4) is 0 Å². The second-order valence-electron chi connectivity index (χ2n) is 4.10. The Kier molecular flexibility index (Phi) is 7.46. The van der Waals surface area contributed by atoms with Gasteiger partial charge < -0.3 is 9.47 Å². The fourth-order valence-electron chi connectivity index (χ4n) is 1.54. The van der Waals surface area contributed by atoms with Gasteiger partial charge in [-0.3, -0.25) is 14.6 Å². The van der Waals surface area contributed by atoms with Crippen LogP contribution in [0.5, 0.6) is 0 Å². The molecule has 0 aliphatic rings. The van der Waals surface area contributed by atoms with Crippen LogP contribution in [0.4, 0.5) is 0 Å². The number of hydrogen-bond donors (Lipinski definition) is 0. The van der Waals surface area contributed by atoms with Gasteiger partial charge in [0, 0.05) is 11.2 Å². The van der Waals surface area contributed by atoms with E-state index in [0.717, 1.165) is 5.56 Å². The highest BCUT2D eigenvalue weighted by Crippen LogP contribution is 2.10. The Labute approximate surface area is 128 Å². The summed E-state index contributed by atoms with van der Waals surface area (Å²) in [5.41, 5.74) is 0.919. The molecule has 5 nitrogen and oxygen atoms in total.